The summed E-state index contributed by atoms with van der Waals surface area (Å²) in [6, 6.07) is 7.44. The van der Waals surface area contributed by atoms with Crippen LogP contribution in [0.1, 0.15) is 0 Å². The predicted molar refractivity (Wildman–Crippen MR) is 90.4 cm³/mol. The Labute approximate surface area is 137 Å². The van der Waals surface area contributed by atoms with Gasteiger partial charge in [0.25, 0.3) is 0 Å². The Bertz CT molecular complexity index is 1010. The molecule has 4 aromatic rings. The largest absolute Gasteiger partial charge is 0.496 e. The maximum atomic E-state index is 6.08. The van der Waals surface area contributed by atoms with Crippen LogP contribution in [0, 0.1) is 0 Å². The van der Waals surface area contributed by atoms with Gasteiger partial charge in [0.1, 0.15) is 5.75 Å². The van der Waals surface area contributed by atoms with Gasteiger partial charge in [0.15, 0.2) is 11.5 Å². The zero-order chi connectivity index (χ0) is 16.5. The lowest BCUT2D eigenvalue weighted by Gasteiger charge is -2.07. The summed E-state index contributed by atoms with van der Waals surface area (Å²) in [6.07, 6.45) is 8.73. The SMILES string of the molecule is COc1ccncc1-c1cnc2c(-c3ccccn3)c(N)nn2c1. The molecule has 0 saturated carbocycles. The molecule has 4 rings (SSSR count). The number of methoxy groups -OCH3 is 1. The number of pyridine rings is 2. The molecule has 4 aromatic heterocycles. The highest BCUT2D eigenvalue weighted by Gasteiger charge is 2.16. The zero-order valence-electron chi connectivity index (χ0n) is 12.9. The van der Waals surface area contributed by atoms with Crippen molar-refractivity contribution in [1.29, 1.82) is 0 Å². The number of anilines is 1. The summed E-state index contributed by atoms with van der Waals surface area (Å²) in [5.41, 5.74) is 9.87. The van der Waals surface area contributed by atoms with E-state index in [1.54, 1.807) is 42.5 Å². The van der Waals surface area contributed by atoms with E-state index in [1.165, 1.54) is 0 Å². The number of hydrogen-bond acceptors (Lipinski definition) is 6. The van der Waals surface area contributed by atoms with E-state index >= 15 is 0 Å². The molecule has 0 unspecified atom stereocenters. The summed E-state index contributed by atoms with van der Waals surface area (Å²) in [7, 11) is 1.62. The lowest BCUT2D eigenvalue weighted by Crippen LogP contribution is -1.95. The Morgan fingerprint density at radius 2 is 2.00 bits per heavy atom. The van der Waals surface area contributed by atoms with Crippen LogP contribution in [0.15, 0.2) is 55.2 Å². The number of rotatable bonds is 3. The molecule has 0 aromatic carbocycles. The van der Waals surface area contributed by atoms with Crippen LogP contribution in [0.5, 0.6) is 5.75 Å². The summed E-state index contributed by atoms with van der Waals surface area (Å²) in [5, 5.41) is 4.36. The van der Waals surface area contributed by atoms with Gasteiger partial charge in [-0.2, -0.15) is 0 Å². The smallest absolute Gasteiger partial charge is 0.166 e. The van der Waals surface area contributed by atoms with Crippen molar-refractivity contribution in [3.63, 3.8) is 0 Å². The average molecular weight is 318 g/mol. The van der Waals surface area contributed by atoms with Crippen molar-refractivity contribution >= 4 is 11.5 Å². The van der Waals surface area contributed by atoms with Gasteiger partial charge in [-0.1, -0.05) is 6.07 Å². The summed E-state index contributed by atoms with van der Waals surface area (Å²) < 4.78 is 7.03. The van der Waals surface area contributed by atoms with Crippen LogP contribution < -0.4 is 10.5 Å². The lowest BCUT2D eigenvalue weighted by molar-refractivity contribution is 0.416. The molecule has 0 spiro atoms. The molecule has 0 fully saturated rings. The standard InChI is InChI=1S/C17H14N6O/c1-24-14-5-7-19-9-12(14)11-8-21-17-15(13-4-2-3-6-20-13)16(18)22-23(17)10-11/h2-10H,1H3,(H2,18,22). The van der Waals surface area contributed by atoms with E-state index in [4.69, 9.17) is 10.5 Å². The Hall–Kier alpha value is -3.48. The fourth-order valence-electron chi connectivity index (χ4n) is 2.62. The number of hydrogen-bond donors (Lipinski definition) is 1. The second kappa shape index (κ2) is 5.62. The van der Waals surface area contributed by atoms with Gasteiger partial charge in [0.2, 0.25) is 0 Å². The van der Waals surface area contributed by atoms with Crippen molar-refractivity contribution in [1.82, 2.24) is 24.6 Å². The van der Waals surface area contributed by atoms with Gasteiger partial charge in [0, 0.05) is 42.1 Å². The number of ether oxygens (including phenoxy) is 1. The number of fused-ring (bicyclic) bond motifs is 1. The maximum absolute atomic E-state index is 6.08. The van der Waals surface area contributed by atoms with Gasteiger partial charge in [-0.3, -0.25) is 9.97 Å². The highest BCUT2D eigenvalue weighted by molar-refractivity contribution is 5.84. The van der Waals surface area contributed by atoms with Crippen LogP contribution in [0.4, 0.5) is 5.82 Å². The van der Waals surface area contributed by atoms with E-state index in [0.717, 1.165) is 28.1 Å². The van der Waals surface area contributed by atoms with E-state index in [-0.39, 0.29) is 0 Å². The van der Waals surface area contributed by atoms with Crippen molar-refractivity contribution in [3.8, 4) is 28.1 Å². The third-order valence-electron chi connectivity index (χ3n) is 3.73. The fourth-order valence-corrected chi connectivity index (χ4v) is 2.62. The number of nitrogens with zero attached hydrogens (tertiary/aromatic N) is 5. The van der Waals surface area contributed by atoms with Crippen LogP contribution in [0.25, 0.3) is 28.0 Å². The first-order valence-electron chi connectivity index (χ1n) is 7.31. The summed E-state index contributed by atoms with van der Waals surface area (Å²) in [6.45, 7) is 0. The highest BCUT2D eigenvalue weighted by atomic mass is 16.5. The molecule has 2 N–H and O–H groups in total. The van der Waals surface area contributed by atoms with Crippen molar-refractivity contribution in [2.24, 2.45) is 0 Å². The van der Waals surface area contributed by atoms with E-state index in [9.17, 15) is 0 Å². The second-order valence-corrected chi connectivity index (χ2v) is 5.16. The molecule has 0 aliphatic rings. The quantitative estimate of drug-likeness (QED) is 0.624. The minimum absolute atomic E-state index is 0.386. The van der Waals surface area contributed by atoms with E-state index in [0.29, 0.717) is 11.5 Å². The molecule has 0 aliphatic heterocycles. The number of nitrogen functional groups attached to an aromatic ring is 1. The maximum Gasteiger partial charge on any atom is 0.166 e. The Kier molecular flexibility index (Phi) is 3.31. The van der Waals surface area contributed by atoms with Crippen molar-refractivity contribution in [3.05, 3.63) is 55.2 Å². The topological polar surface area (TPSA) is 91.2 Å². The first-order valence-corrected chi connectivity index (χ1v) is 7.31. The Morgan fingerprint density at radius 3 is 2.79 bits per heavy atom. The number of aromatic nitrogens is 5. The highest BCUT2D eigenvalue weighted by Crippen LogP contribution is 2.31. The molecule has 0 aliphatic carbocycles. The minimum Gasteiger partial charge on any atom is -0.496 e. The van der Waals surface area contributed by atoms with E-state index < -0.39 is 0 Å². The molecule has 0 bridgehead atoms. The molecule has 0 atom stereocenters. The summed E-state index contributed by atoms with van der Waals surface area (Å²) >= 11 is 0. The molecule has 118 valence electrons. The lowest BCUT2D eigenvalue weighted by atomic mass is 10.1. The minimum atomic E-state index is 0.386. The third-order valence-corrected chi connectivity index (χ3v) is 3.73. The Morgan fingerprint density at radius 1 is 1.08 bits per heavy atom. The van der Waals surface area contributed by atoms with E-state index in [1.807, 2.05) is 24.4 Å². The van der Waals surface area contributed by atoms with Gasteiger partial charge < -0.3 is 10.5 Å². The Balaban J connectivity index is 1.89. The van der Waals surface area contributed by atoms with E-state index in [2.05, 4.69) is 20.1 Å². The zero-order valence-corrected chi connectivity index (χ0v) is 12.9. The molecular formula is C17H14N6O. The van der Waals surface area contributed by atoms with Gasteiger partial charge in [-0.25, -0.2) is 9.50 Å². The molecular weight excluding hydrogens is 304 g/mol. The van der Waals surface area contributed by atoms with Crippen LogP contribution in [0.3, 0.4) is 0 Å². The van der Waals surface area contributed by atoms with Crippen LogP contribution >= 0.6 is 0 Å². The van der Waals surface area contributed by atoms with Crippen molar-refractivity contribution < 1.29 is 4.74 Å². The van der Waals surface area contributed by atoms with Crippen molar-refractivity contribution in [2.75, 3.05) is 12.8 Å². The van der Waals surface area contributed by atoms with Gasteiger partial charge >= 0.3 is 0 Å². The van der Waals surface area contributed by atoms with Crippen molar-refractivity contribution in [2.45, 2.75) is 0 Å². The van der Waals surface area contributed by atoms with Crippen LogP contribution in [-0.4, -0.2) is 31.7 Å². The van der Waals surface area contributed by atoms with Gasteiger partial charge in [-0.05, 0) is 18.2 Å². The van der Waals surface area contributed by atoms with Gasteiger partial charge in [0.05, 0.1) is 18.4 Å². The molecule has 0 radical (unpaired) electrons. The van der Waals surface area contributed by atoms with Gasteiger partial charge in [-0.15, -0.1) is 5.10 Å². The third kappa shape index (κ3) is 2.23. The molecule has 4 heterocycles. The molecule has 7 nitrogen and oxygen atoms in total. The average Bonchev–Trinajstić information content (AvgIpc) is 2.97. The fraction of sp³-hybridized carbons (Fsp3) is 0.0588. The molecule has 7 heteroatoms. The monoisotopic (exact) mass is 318 g/mol. The first-order chi connectivity index (χ1) is 11.8. The molecule has 0 amide bonds. The predicted octanol–water partition coefficient (Wildman–Crippen LogP) is 2.44. The molecule has 24 heavy (non-hydrogen) atoms. The molecule has 0 saturated heterocycles. The van der Waals surface area contributed by atoms with Crippen LogP contribution in [0.2, 0.25) is 0 Å². The normalized spacial score (nSPS) is 10.9. The summed E-state index contributed by atoms with van der Waals surface area (Å²) in [4.78, 5) is 13.0. The van der Waals surface area contributed by atoms with Crippen LogP contribution in [-0.2, 0) is 0 Å². The number of nitrogens with two attached hydrogens (primary N) is 1. The first kappa shape index (κ1) is 14.1. The second-order valence-electron chi connectivity index (χ2n) is 5.16. The summed E-state index contributed by atoms with van der Waals surface area (Å²) in [5.74, 6) is 1.10.